The van der Waals surface area contributed by atoms with Gasteiger partial charge in [0.15, 0.2) is 0 Å². The number of carbonyl (C=O) groups is 1. The molecule has 1 saturated heterocycles. The summed E-state index contributed by atoms with van der Waals surface area (Å²) >= 11 is 0. The Bertz CT molecular complexity index is 651. The van der Waals surface area contributed by atoms with Crippen LogP contribution >= 0.6 is 0 Å². The summed E-state index contributed by atoms with van der Waals surface area (Å²) in [5.74, 6) is 0.111. The maximum absolute atomic E-state index is 12.4. The Morgan fingerprint density at radius 1 is 0.920 bits per heavy atom. The summed E-state index contributed by atoms with van der Waals surface area (Å²) in [4.78, 5) is 17.2. The molecule has 4 nitrogen and oxygen atoms in total. The van der Waals surface area contributed by atoms with Crippen molar-refractivity contribution in [3.63, 3.8) is 0 Å². The van der Waals surface area contributed by atoms with Crippen LogP contribution < -0.4 is 5.32 Å². The van der Waals surface area contributed by atoms with Crippen molar-refractivity contribution in [3.8, 4) is 0 Å². The molecule has 0 bridgehead atoms. The second-order valence-corrected chi connectivity index (χ2v) is 6.68. The highest BCUT2D eigenvalue weighted by atomic mass is 16.2. The Morgan fingerprint density at radius 2 is 1.48 bits per heavy atom. The van der Waals surface area contributed by atoms with Gasteiger partial charge in [0.1, 0.15) is 0 Å². The van der Waals surface area contributed by atoms with Crippen molar-refractivity contribution >= 4 is 5.91 Å². The summed E-state index contributed by atoms with van der Waals surface area (Å²) < 4.78 is 0. The normalized spacial score (nSPS) is 17.2. The van der Waals surface area contributed by atoms with Gasteiger partial charge in [-0.2, -0.15) is 0 Å². The zero-order valence-corrected chi connectivity index (χ0v) is 14.9. The van der Waals surface area contributed by atoms with Crippen LogP contribution in [0.3, 0.4) is 0 Å². The topological polar surface area (TPSA) is 35.6 Å². The molecule has 1 N–H and O–H groups in total. The van der Waals surface area contributed by atoms with Crippen LogP contribution in [-0.4, -0.2) is 47.9 Å². The van der Waals surface area contributed by atoms with Gasteiger partial charge in [-0.15, -0.1) is 0 Å². The Labute approximate surface area is 150 Å². The van der Waals surface area contributed by atoms with E-state index in [9.17, 15) is 4.79 Å². The lowest BCUT2D eigenvalue weighted by Crippen LogP contribution is -2.53. The van der Waals surface area contributed by atoms with Crippen LogP contribution in [0, 0.1) is 0 Å². The molecule has 0 unspecified atom stereocenters. The van der Waals surface area contributed by atoms with Gasteiger partial charge in [0.25, 0.3) is 0 Å². The molecular formula is C21H27N3O. The second-order valence-electron chi connectivity index (χ2n) is 6.68. The molecule has 132 valence electrons. The highest BCUT2D eigenvalue weighted by molar-refractivity contribution is 5.81. The number of hydrogen-bond acceptors (Lipinski definition) is 3. The third-order valence-electron chi connectivity index (χ3n) is 4.89. The first-order valence-corrected chi connectivity index (χ1v) is 9.04. The molecule has 2 aromatic carbocycles. The third kappa shape index (κ3) is 5.15. The van der Waals surface area contributed by atoms with Crippen LogP contribution in [0.1, 0.15) is 18.1 Å². The average molecular weight is 337 g/mol. The minimum atomic E-state index is -0.0809. The zero-order valence-electron chi connectivity index (χ0n) is 14.9. The molecule has 0 saturated carbocycles. The van der Waals surface area contributed by atoms with E-state index in [1.807, 2.05) is 37.3 Å². The van der Waals surface area contributed by atoms with Crippen LogP contribution in [0.2, 0.25) is 0 Å². The van der Waals surface area contributed by atoms with Crippen LogP contribution in [0.25, 0.3) is 0 Å². The fourth-order valence-corrected chi connectivity index (χ4v) is 3.25. The van der Waals surface area contributed by atoms with E-state index >= 15 is 0 Å². The number of carbonyl (C=O) groups excluding carboxylic acids is 1. The quantitative estimate of drug-likeness (QED) is 0.880. The highest BCUT2D eigenvalue weighted by Gasteiger charge is 2.25. The van der Waals surface area contributed by atoms with Crippen molar-refractivity contribution in [2.24, 2.45) is 0 Å². The minimum Gasteiger partial charge on any atom is -0.351 e. The lowest BCUT2D eigenvalue weighted by atomic mass is 10.1. The maximum atomic E-state index is 12.4. The molecule has 0 aliphatic carbocycles. The van der Waals surface area contributed by atoms with Crippen molar-refractivity contribution in [1.29, 1.82) is 0 Å². The van der Waals surface area contributed by atoms with Crippen molar-refractivity contribution in [2.75, 3.05) is 26.2 Å². The lowest BCUT2D eigenvalue weighted by molar-refractivity contribution is -0.126. The number of nitrogens with one attached hydrogen (secondary N) is 1. The van der Waals surface area contributed by atoms with Gasteiger partial charge in [0.2, 0.25) is 5.91 Å². The highest BCUT2D eigenvalue weighted by Crippen LogP contribution is 2.11. The molecule has 1 heterocycles. The largest absolute Gasteiger partial charge is 0.351 e. The zero-order chi connectivity index (χ0) is 17.5. The molecule has 1 aliphatic rings. The van der Waals surface area contributed by atoms with Crippen molar-refractivity contribution in [3.05, 3.63) is 71.8 Å². The third-order valence-corrected chi connectivity index (χ3v) is 4.89. The molecule has 3 rings (SSSR count). The van der Waals surface area contributed by atoms with E-state index in [2.05, 4.69) is 45.4 Å². The van der Waals surface area contributed by atoms with Crippen LogP contribution in [0.4, 0.5) is 0 Å². The SMILES string of the molecule is C[C@H](C(=O)NCc1ccccc1)N1CCN(Cc2ccccc2)CC1. The van der Waals surface area contributed by atoms with Gasteiger partial charge in [-0.05, 0) is 18.1 Å². The predicted octanol–water partition coefficient (Wildman–Crippen LogP) is 2.51. The van der Waals surface area contributed by atoms with Gasteiger partial charge in [-0.3, -0.25) is 14.6 Å². The van der Waals surface area contributed by atoms with Crippen LogP contribution in [0.15, 0.2) is 60.7 Å². The van der Waals surface area contributed by atoms with Gasteiger partial charge in [-0.25, -0.2) is 0 Å². The van der Waals surface area contributed by atoms with Gasteiger partial charge in [0.05, 0.1) is 6.04 Å². The Balaban J connectivity index is 1.43. The van der Waals surface area contributed by atoms with E-state index in [1.54, 1.807) is 0 Å². The number of piperazine rings is 1. The number of benzene rings is 2. The van der Waals surface area contributed by atoms with Crippen molar-refractivity contribution < 1.29 is 4.79 Å². The molecule has 1 fully saturated rings. The molecule has 0 aromatic heterocycles. The van der Waals surface area contributed by atoms with Crippen LogP contribution in [-0.2, 0) is 17.9 Å². The molecule has 1 amide bonds. The molecule has 25 heavy (non-hydrogen) atoms. The fraction of sp³-hybridized carbons (Fsp3) is 0.381. The van der Waals surface area contributed by atoms with E-state index in [4.69, 9.17) is 0 Å². The standard InChI is InChI=1S/C21H27N3O/c1-18(21(25)22-16-19-8-4-2-5-9-19)24-14-12-23(13-15-24)17-20-10-6-3-7-11-20/h2-11,18H,12-17H2,1H3,(H,22,25)/t18-/m1/s1. The first-order chi connectivity index (χ1) is 12.2. The van der Waals surface area contributed by atoms with Gasteiger partial charge in [0, 0.05) is 39.3 Å². The minimum absolute atomic E-state index is 0.0809. The summed E-state index contributed by atoms with van der Waals surface area (Å²) in [7, 11) is 0. The van der Waals surface area contributed by atoms with Crippen LogP contribution in [0.5, 0.6) is 0 Å². The smallest absolute Gasteiger partial charge is 0.237 e. The second kappa shape index (κ2) is 8.79. The molecular weight excluding hydrogens is 310 g/mol. The van der Waals surface area contributed by atoms with E-state index in [0.717, 1.165) is 38.3 Å². The molecule has 1 aliphatic heterocycles. The Kier molecular flexibility index (Phi) is 6.20. The fourth-order valence-electron chi connectivity index (χ4n) is 3.25. The lowest BCUT2D eigenvalue weighted by Gasteiger charge is -2.37. The molecule has 4 heteroatoms. The number of rotatable bonds is 6. The number of nitrogens with zero attached hydrogens (tertiary/aromatic N) is 2. The Morgan fingerprint density at radius 3 is 2.08 bits per heavy atom. The maximum Gasteiger partial charge on any atom is 0.237 e. The van der Waals surface area contributed by atoms with Crippen molar-refractivity contribution in [2.45, 2.75) is 26.1 Å². The van der Waals surface area contributed by atoms with Crippen molar-refractivity contribution in [1.82, 2.24) is 15.1 Å². The summed E-state index contributed by atoms with van der Waals surface area (Å²) in [6.45, 7) is 7.48. The summed E-state index contributed by atoms with van der Waals surface area (Å²) in [6, 6.07) is 20.5. The molecule has 0 spiro atoms. The first-order valence-electron chi connectivity index (χ1n) is 9.04. The van der Waals surface area contributed by atoms with Gasteiger partial charge >= 0.3 is 0 Å². The average Bonchev–Trinajstić information content (AvgIpc) is 2.68. The van der Waals surface area contributed by atoms with E-state index in [0.29, 0.717) is 6.54 Å². The summed E-state index contributed by atoms with van der Waals surface area (Å²) in [6.07, 6.45) is 0. The molecule has 2 aromatic rings. The summed E-state index contributed by atoms with van der Waals surface area (Å²) in [5.41, 5.74) is 2.49. The van der Waals surface area contributed by atoms with E-state index in [1.165, 1.54) is 5.56 Å². The first kappa shape index (κ1) is 17.6. The summed E-state index contributed by atoms with van der Waals surface area (Å²) in [5, 5.41) is 3.05. The predicted molar refractivity (Wildman–Crippen MR) is 101 cm³/mol. The number of hydrogen-bond donors (Lipinski definition) is 1. The monoisotopic (exact) mass is 337 g/mol. The molecule has 0 radical (unpaired) electrons. The molecule has 1 atom stereocenters. The van der Waals surface area contributed by atoms with E-state index in [-0.39, 0.29) is 11.9 Å². The van der Waals surface area contributed by atoms with E-state index < -0.39 is 0 Å². The van der Waals surface area contributed by atoms with Gasteiger partial charge in [-0.1, -0.05) is 60.7 Å². The Hall–Kier alpha value is -2.17. The number of amides is 1. The van der Waals surface area contributed by atoms with Gasteiger partial charge < -0.3 is 5.32 Å².